The van der Waals surface area contributed by atoms with E-state index in [9.17, 15) is 0 Å². The first-order chi connectivity index (χ1) is 13.3. The first-order valence-electron chi connectivity index (χ1n) is 9.45. The molecule has 4 aromatic rings. The van der Waals surface area contributed by atoms with Crippen LogP contribution < -0.4 is 11.1 Å². The van der Waals surface area contributed by atoms with Gasteiger partial charge in [0.15, 0.2) is 5.82 Å². The van der Waals surface area contributed by atoms with Crippen molar-refractivity contribution in [2.75, 3.05) is 17.6 Å². The normalized spacial score (nSPS) is 11.3. The molecule has 0 fully saturated rings. The van der Waals surface area contributed by atoms with Gasteiger partial charge in [-0.1, -0.05) is 37.6 Å². The van der Waals surface area contributed by atoms with Crippen molar-refractivity contribution < 1.29 is 0 Å². The average Bonchev–Trinajstić information content (AvgIpc) is 3.09. The van der Waals surface area contributed by atoms with E-state index in [0.717, 1.165) is 54.9 Å². The number of fused-ring (bicyclic) bond motifs is 2. The number of rotatable bonds is 7. The molecule has 27 heavy (non-hydrogen) atoms. The van der Waals surface area contributed by atoms with Crippen molar-refractivity contribution in [2.24, 2.45) is 0 Å². The zero-order valence-corrected chi connectivity index (χ0v) is 15.5. The molecule has 0 amide bonds. The molecule has 0 spiro atoms. The third-order valence-corrected chi connectivity index (χ3v) is 4.80. The third-order valence-electron chi connectivity index (χ3n) is 4.80. The van der Waals surface area contributed by atoms with Gasteiger partial charge in [0.05, 0.1) is 5.52 Å². The highest BCUT2D eigenvalue weighted by Crippen LogP contribution is 2.24. The quantitative estimate of drug-likeness (QED) is 0.487. The van der Waals surface area contributed by atoms with Gasteiger partial charge in [0.1, 0.15) is 5.52 Å². The SMILES string of the molecule is CCCCNc1nc(N)nc2ccn(CCc3nccc4ccccc34)c12. The number of nitrogen functional groups attached to an aromatic ring is 1. The fourth-order valence-electron chi connectivity index (χ4n) is 3.43. The molecule has 1 aromatic carbocycles. The van der Waals surface area contributed by atoms with Gasteiger partial charge in [-0.2, -0.15) is 4.98 Å². The summed E-state index contributed by atoms with van der Waals surface area (Å²) in [6, 6.07) is 12.4. The van der Waals surface area contributed by atoms with Crippen LogP contribution in [0.5, 0.6) is 0 Å². The average molecular weight is 360 g/mol. The number of hydrogen-bond acceptors (Lipinski definition) is 5. The van der Waals surface area contributed by atoms with E-state index in [4.69, 9.17) is 5.73 Å². The monoisotopic (exact) mass is 360 g/mol. The molecule has 0 aliphatic heterocycles. The molecule has 138 valence electrons. The minimum atomic E-state index is 0.301. The Bertz CT molecular complexity index is 1060. The lowest BCUT2D eigenvalue weighted by atomic mass is 10.1. The van der Waals surface area contributed by atoms with Crippen molar-refractivity contribution in [1.82, 2.24) is 19.5 Å². The lowest BCUT2D eigenvalue weighted by Gasteiger charge is -2.12. The van der Waals surface area contributed by atoms with Gasteiger partial charge in [0.2, 0.25) is 5.95 Å². The van der Waals surface area contributed by atoms with Crippen LogP contribution in [0, 0.1) is 0 Å². The molecule has 0 saturated carbocycles. The molecule has 0 unspecified atom stereocenters. The van der Waals surface area contributed by atoms with Crippen molar-refractivity contribution in [3.05, 3.63) is 54.5 Å². The summed E-state index contributed by atoms with van der Waals surface area (Å²) in [5, 5.41) is 5.84. The van der Waals surface area contributed by atoms with Gasteiger partial charge < -0.3 is 15.6 Å². The molecule has 3 heterocycles. The molecule has 3 N–H and O–H groups in total. The lowest BCUT2D eigenvalue weighted by Crippen LogP contribution is -2.09. The second-order valence-corrected chi connectivity index (χ2v) is 6.68. The van der Waals surface area contributed by atoms with Gasteiger partial charge in [-0.05, 0) is 23.9 Å². The first kappa shape index (κ1) is 17.3. The minimum absolute atomic E-state index is 0.301. The summed E-state index contributed by atoms with van der Waals surface area (Å²) in [6.45, 7) is 3.85. The maximum absolute atomic E-state index is 5.88. The maximum Gasteiger partial charge on any atom is 0.222 e. The molecule has 0 atom stereocenters. The number of nitrogens with one attached hydrogen (secondary N) is 1. The summed E-state index contributed by atoms with van der Waals surface area (Å²) in [7, 11) is 0. The van der Waals surface area contributed by atoms with Crippen LogP contribution in [-0.2, 0) is 13.0 Å². The zero-order valence-electron chi connectivity index (χ0n) is 15.5. The fourth-order valence-corrected chi connectivity index (χ4v) is 3.43. The smallest absolute Gasteiger partial charge is 0.222 e. The third kappa shape index (κ3) is 3.56. The number of benzene rings is 1. The van der Waals surface area contributed by atoms with Crippen molar-refractivity contribution in [3.8, 4) is 0 Å². The van der Waals surface area contributed by atoms with Crippen molar-refractivity contribution in [2.45, 2.75) is 32.7 Å². The van der Waals surface area contributed by atoms with Gasteiger partial charge in [0.25, 0.3) is 0 Å². The number of pyridine rings is 1. The summed E-state index contributed by atoms with van der Waals surface area (Å²) >= 11 is 0. The first-order valence-corrected chi connectivity index (χ1v) is 9.45. The van der Waals surface area contributed by atoms with Crippen LogP contribution in [0.15, 0.2) is 48.8 Å². The minimum Gasteiger partial charge on any atom is -0.368 e. The highest BCUT2D eigenvalue weighted by atomic mass is 15.1. The van der Waals surface area contributed by atoms with E-state index in [1.54, 1.807) is 0 Å². The van der Waals surface area contributed by atoms with E-state index in [1.165, 1.54) is 10.8 Å². The zero-order chi connectivity index (χ0) is 18.6. The van der Waals surface area contributed by atoms with Gasteiger partial charge in [0, 0.05) is 43.0 Å². The van der Waals surface area contributed by atoms with E-state index in [0.29, 0.717) is 5.95 Å². The van der Waals surface area contributed by atoms with Gasteiger partial charge >= 0.3 is 0 Å². The molecule has 0 aliphatic carbocycles. The summed E-state index contributed by atoms with van der Waals surface area (Å²) in [5.41, 5.74) is 8.86. The summed E-state index contributed by atoms with van der Waals surface area (Å²) in [5.74, 6) is 1.11. The summed E-state index contributed by atoms with van der Waals surface area (Å²) < 4.78 is 2.19. The molecule has 6 nitrogen and oxygen atoms in total. The molecular weight excluding hydrogens is 336 g/mol. The molecule has 0 radical (unpaired) electrons. The summed E-state index contributed by atoms with van der Waals surface area (Å²) in [4.78, 5) is 13.4. The number of unbranched alkanes of at least 4 members (excludes halogenated alkanes) is 1. The van der Waals surface area contributed by atoms with Gasteiger partial charge in [-0.15, -0.1) is 0 Å². The molecule has 0 aliphatic rings. The van der Waals surface area contributed by atoms with Crippen LogP contribution in [0.3, 0.4) is 0 Å². The van der Waals surface area contributed by atoms with Crippen LogP contribution in [0.4, 0.5) is 11.8 Å². The Morgan fingerprint density at radius 3 is 2.89 bits per heavy atom. The second kappa shape index (κ2) is 7.61. The predicted octanol–water partition coefficient (Wildman–Crippen LogP) is 4.02. The van der Waals surface area contributed by atoms with E-state index >= 15 is 0 Å². The van der Waals surface area contributed by atoms with Gasteiger partial charge in [-0.25, -0.2) is 4.98 Å². The highest BCUT2D eigenvalue weighted by Gasteiger charge is 2.12. The van der Waals surface area contributed by atoms with Crippen LogP contribution in [0.2, 0.25) is 0 Å². The van der Waals surface area contributed by atoms with Crippen molar-refractivity contribution in [3.63, 3.8) is 0 Å². The Hall–Kier alpha value is -3.15. The Morgan fingerprint density at radius 1 is 1.11 bits per heavy atom. The Kier molecular flexibility index (Phi) is 4.87. The van der Waals surface area contributed by atoms with Crippen LogP contribution in [-0.4, -0.2) is 26.1 Å². The molecule has 4 rings (SSSR count). The van der Waals surface area contributed by atoms with Crippen LogP contribution in [0.1, 0.15) is 25.5 Å². The topological polar surface area (TPSA) is 81.6 Å². The molecule has 6 heteroatoms. The Balaban J connectivity index is 1.63. The molecule has 0 saturated heterocycles. The van der Waals surface area contributed by atoms with E-state index < -0.39 is 0 Å². The van der Waals surface area contributed by atoms with Gasteiger partial charge in [-0.3, -0.25) is 4.98 Å². The Morgan fingerprint density at radius 2 is 2.00 bits per heavy atom. The van der Waals surface area contributed by atoms with E-state index in [1.807, 2.05) is 12.3 Å². The number of aromatic nitrogens is 4. The molecule has 3 aromatic heterocycles. The number of aryl methyl sites for hydroxylation is 2. The fraction of sp³-hybridized carbons (Fsp3) is 0.286. The number of hydrogen-bond donors (Lipinski definition) is 2. The largest absolute Gasteiger partial charge is 0.368 e. The number of anilines is 2. The van der Waals surface area contributed by atoms with Crippen LogP contribution in [0.25, 0.3) is 21.8 Å². The standard InChI is InChI=1S/C21H24N6/c1-2-3-11-24-20-19-18(25-21(22)26-20)10-14-27(19)13-9-17-16-7-5-4-6-15(16)8-12-23-17/h4-8,10,12,14H,2-3,9,11,13H2,1H3,(H3,22,24,25,26). The van der Waals surface area contributed by atoms with Crippen molar-refractivity contribution in [1.29, 1.82) is 0 Å². The van der Waals surface area contributed by atoms with Crippen LogP contribution >= 0.6 is 0 Å². The summed E-state index contributed by atoms with van der Waals surface area (Å²) in [6.07, 6.45) is 6.99. The van der Waals surface area contributed by atoms with Crippen molar-refractivity contribution >= 4 is 33.6 Å². The number of nitrogens with two attached hydrogens (primary N) is 1. The highest BCUT2D eigenvalue weighted by molar-refractivity contribution is 5.87. The Labute approximate surface area is 158 Å². The second-order valence-electron chi connectivity index (χ2n) is 6.68. The lowest BCUT2D eigenvalue weighted by molar-refractivity contribution is 0.713. The van der Waals surface area contributed by atoms with E-state index in [-0.39, 0.29) is 0 Å². The molecular formula is C21H24N6. The maximum atomic E-state index is 5.88. The van der Waals surface area contributed by atoms with E-state index in [2.05, 4.69) is 68.3 Å². The molecule has 0 bridgehead atoms. The predicted molar refractivity (Wildman–Crippen MR) is 111 cm³/mol. The number of nitrogens with zero attached hydrogens (tertiary/aromatic N) is 4.